The third-order valence-corrected chi connectivity index (χ3v) is 5.89. The highest BCUT2D eigenvalue weighted by atomic mass is 16.2. The molecule has 0 bridgehead atoms. The largest absolute Gasteiger partial charge is 0.369 e. The van der Waals surface area contributed by atoms with Crippen LogP contribution in [0.1, 0.15) is 30.8 Å². The van der Waals surface area contributed by atoms with Gasteiger partial charge in [-0.1, -0.05) is 38.1 Å². The van der Waals surface area contributed by atoms with E-state index in [1.807, 2.05) is 30.3 Å². The standard InChI is InChI=1S/C19H21N3O2/c1-18(2)10-19(17(20)24)11-22(9-15(18)19)16(23)14-7-12-5-3-4-6-13(12)8-21-14/h3-8,15H,9-11H2,1-2H3,(H2,20,24)/t15-,19+/m1/s1. The minimum absolute atomic E-state index is 0.0425. The van der Waals surface area contributed by atoms with E-state index in [0.717, 1.165) is 17.2 Å². The Morgan fingerprint density at radius 2 is 1.96 bits per heavy atom. The summed E-state index contributed by atoms with van der Waals surface area (Å²) in [5.74, 6) is -0.271. The van der Waals surface area contributed by atoms with Gasteiger partial charge in [0, 0.05) is 24.7 Å². The average Bonchev–Trinajstić information content (AvgIpc) is 2.90. The van der Waals surface area contributed by atoms with E-state index in [0.29, 0.717) is 18.8 Å². The lowest BCUT2D eigenvalue weighted by Gasteiger charge is -2.54. The number of pyridine rings is 1. The van der Waals surface area contributed by atoms with Gasteiger partial charge in [-0.2, -0.15) is 0 Å². The number of hydrogen-bond donors (Lipinski definition) is 1. The number of primary amides is 1. The number of carbonyl (C=O) groups excluding carboxylic acids is 2. The van der Waals surface area contributed by atoms with Crippen molar-refractivity contribution in [1.29, 1.82) is 0 Å². The van der Waals surface area contributed by atoms with E-state index in [-0.39, 0.29) is 23.1 Å². The van der Waals surface area contributed by atoms with Crippen LogP contribution in [0, 0.1) is 16.7 Å². The summed E-state index contributed by atoms with van der Waals surface area (Å²) in [5, 5.41) is 1.99. The number of nitrogens with two attached hydrogens (primary N) is 1. The van der Waals surface area contributed by atoms with E-state index < -0.39 is 5.41 Å². The summed E-state index contributed by atoms with van der Waals surface area (Å²) in [6, 6.07) is 9.65. The molecule has 0 radical (unpaired) electrons. The molecule has 0 unspecified atom stereocenters. The number of hydrogen-bond acceptors (Lipinski definition) is 3. The van der Waals surface area contributed by atoms with Crippen molar-refractivity contribution < 1.29 is 9.59 Å². The van der Waals surface area contributed by atoms with E-state index in [9.17, 15) is 9.59 Å². The maximum atomic E-state index is 12.9. The number of amides is 2. The Balaban J connectivity index is 1.64. The second kappa shape index (κ2) is 4.79. The molecule has 2 amide bonds. The van der Waals surface area contributed by atoms with Crippen LogP contribution in [0.2, 0.25) is 0 Å². The van der Waals surface area contributed by atoms with E-state index >= 15 is 0 Å². The average molecular weight is 323 g/mol. The molecule has 1 aliphatic carbocycles. The molecule has 1 saturated carbocycles. The van der Waals surface area contributed by atoms with Crippen LogP contribution in [0.15, 0.2) is 36.5 Å². The van der Waals surface area contributed by atoms with Crippen LogP contribution in [0.5, 0.6) is 0 Å². The molecule has 2 aromatic rings. The Kier molecular flexibility index (Phi) is 3.02. The summed E-state index contributed by atoms with van der Waals surface area (Å²) < 4.78 is 0. The van der Waals surface area contributed by atoms with Crippen molar-refractivity contribution in [2.45, 2.75) is 20.3 Å². The highest BCUT2D eigenvalue weighted by molar-refractivity contribution is 5.97. The van der Waals surface area contributed by atoms with Crippen molar-refractivity contribution in [3.63, 3.8) is 0 Å². The maximum absolute atomic E-state index is 12.9. The quantitative estimate of drug-likeness (QED) is 0.920. The number of likely N-dealkylation sites (tertiary alicyclic amines) is 1. The second-order valence-corrected chi connectivity index (χ2v) is 7.84. The summed E-state index contributed by atoms with van der Waals surface area (Å²) in [6.07, 6.45) is 2.47. The van der Waals surface area contributed by atoms with E-state index in [2.05, 4.69) is 18.8 Å². The van der Waals surface area contributed by atoms with E-state index in [4.69, 9.17) is 5.73 Å². The molecule has 1 aliphatic heterocycles. The molecule has 5 nitrogen and oxygen atoms in total. The fourth-order valence-corrected chi connectivity index (χ4v) is 4.74. The molecule has 2 fully saturated rings. The molecular weight excluding hydrogens is 302 g/mol. The molecular formula is C19H21N3O2. The molecule has 1 aromatic heterocycles. The summed E-state index contributed by atoms with van der Waals surface area (Å²) >= 11 is 0. The number of nitrogens with zero attached hydrogens (tertiary/aromatic N) is 2. The highest BCUT2D eigenvalue weighted by Gasteiger charge is 2.66. The van der Waals surface area contributed by atoms with Crippen LogP contribution < -0.4 is 5.73 Å². The molecule has 2 heterocycles. The number of aromatic nitrogens is 1. The number of fused-ring (bicyclic) bond motifs is 2. The Morgan fingerprint density at radius 3 is 2.58 bits per heavy atom. The molecule has 24 heavy (non-hydrogen) atoms. The first kappa shape index (κ1) is 15.1. The molecule has 5 heteroatoms. The van der Waals surface area contributed by atoms with Crippen LogP contribution in [-0.4, -0.2) is 34.8 Å². The van der Waals surface area contributed by atoms with Crippen LogP contribution in [0.25, 0.3) is 10.8 Å². The van der Waals surface area contributed by atoms with Gasteiger partial charge in [0.2, 0.25) is 5.91 Å². The first-order valence-corrected chi connectivity index (χ1v) is 8.27. The summed E-state index contributed by atoms with van der Waals surface area (Å²) in [7, 11) is 0. The molecule has 4 rings (SSSR count). The monoisotopic (exact) mass is 323 g/mol. The van der Waals surface area contributed by atoms with Crippen LogP contribution >= 0.6 is 0 Å². The van der Waals surface area contributed by atoms with E-state index in [1.165, 1.54) is 0 Å². The van der Waals surface area contributed by atoms with Gasteiger partial charge < -0.3 is 10.6 Å². The number of carbonyl (C=O) groups is 2. The zero-order valence-electron chi connectivity index (χ0n) is 14.0. The molecule has 2 aliphatic rings. The van der Waals surface area contributed by atoms with Gasteiger partial charge in [0.25, 0.3) is 5.91 Å². The Hall–Kier alpha value is -2.43. The van der Waals surface area contributed by atoms with Crippen LogP contribution in [0.4, 0.5) is 0 Å². The number of rotatable bonds is 2. The Morgan fingerprint density at radius 1 is 1.25 bits per heavy atom. The molecule has 2 N–H and O–H groups in total. The Labute approximate surface area is 140 Å². The SMILES string of the molecule is CC1(C)C[C@]2(C(N)=O)CN(C(=O)c3cc4ccccc4cn3)C[C@H]12. The van der Waals surface area contributed by atoms with Gasteiger partial charge in [-0.25, -0.2) is 0 Å². The van der Waals surface area contributed by atoms with Crippen LogP contribution in [0.3, 0.4) is 0 Å². The first-order chi connectivity index (χ1) is 11.3. The van der Waals surface area contributed by atoms with Crippen molar-refractivity contribution in [2.75, 3.05) is 13.1 Å². The smallest absolute Gasteiger partial charge is 0.272 e. The third-order valence-electron chi connectivity index (χ3n) is 5.89. The molecule has 2 atom stereocenters. The second-order valence-electron chi connectivity index (χ2n) is 7.84. The van der Waals surface area contributed by atoms with Gasteiger partial charge in [-0.3, -0.25) is 14.6 Å². The predicted octanol–water partition coefficient (Wildman–Crippen LogP) is 2.21. The summed E-state index contributed by atoms with van der Waals surface area (Å²) in [6.45, 7) is 5.26. The topological polar surface area (TPSA) is 76.3 Å². The lowest BCUT2D eigenvalue weighted by Crippen LogP contribution is -2.59. The lowest BCUT2D eigenvalue weighted by atomic mass is 9.48. The summed E-state index contributed by atoms with van der Waals surface area (Å²) in [4.78, 5) is 31.0. The van der Waals surface area contributed by atoms with Crippen LogP contribution in [-0.2, 0) is 4.79 Å². The zero-order valence-corrected chi connectivity index (χ0v) is 14.0. The highest BCUT2D eigenvalue weighted by Crippen LogP contribution is 2.62. The van der Waals surface area contributed by atoms with Gasteiger partial charge >= 0.3 is 0 Å². The normalized spacial score (nSPS) is 27.6. The molecule has 1 saturated heterocycles. The van der Waals surface area contributed by atoms with Gasteiger partial charge in [0.05, 0.1) is 5.41 Å². The molecule has 124 valence electrons. The minimum atomic E-state index is -0.560. The minimum Gasteiger partial charge on any atom is -0.369 e. The van der Waals surface area contributed by atoms with Crippen molar-refractivity contribution in [3.8, 4) is 0 Å². The Bertz CT molecular complexity index is 861. The van der Waals surface area contributed by atoms with Gasteiger partial charge in [0.1, 0.15) is 5.69 Å². The third kappa shape index (κ3) is 1.97. The summed E-state index contributed by atoms with van der Waals surface area (Å²) in [5.41, 5.74) is 5.58. The predicted molar refractivity (Wildman–Crippen MR) is 91.2 cm³/mol. The van der Waals surface area contributed by atoms with Crippen molar-refractivity contribution in [1.82, 2.24) is 9.88 Å². The fraction of sp³-hybridized carbons (Fsp3) is 0.421. The maximum Gasteiger partial charge on any atom is 0.272 e. The van der Waals surface area contributed by atoms with Gasteiger partial charge in [-0.15, -0.1) is 0 Å². The van der Waals surface area contributed by atoms with E-state index in [1.54, 1.807) is 11.1 Å². The van der Waals surface area contributed by atoms with Crippen molar-refractivity contribution >= 4 is 22.6 Å². The number of benzene rings is 1. The van der Waals surface area contributed by atoms with Gasteiger partial charge in [0.15, 0.2) is 0 Å². The fourth-order valence-electron chi connectivity index (χ4n) is 4.74. The first-order valence-electron chi connectivity index (χ1n) is 8.27. The lowest BCUT2D eigenvalue weighted by molar-refractivity contribution is -0.148. The molecule has 0 spiro atoms. The van der Waals surface area contributed by atoms with Crippen molar-refractivity contribution in [3.05, 3.63) is 42.2 Å². The van der Waals surface area contributed by atoms with Gasteiger partial charge in [-0.05, 0) is 29.2 Å². The zero-order chi connectivity index (χ0) is 17.1. The van der Waals surface area contributed by atoms with Crippen molar-refractivity contribution in [2.24, 2.45) is 22.5 Å². The molecule has 1 aromatic carbocycles.